The number of ether oxygens (including phenoxy) is 3. The lowest BCUT2D eigenvalue weighted by molar-refractivity contribution is -0.145. The third kappa shape index (κ3) is 5.83. The van der Waals surface area contributed by atoms with Crippen LogP contribution in [-0.4, -0.2) is 48.9 Å². The van der Waals surface area contributed by atoms with Gasteiger partial charge in [-0.1, -0.05) is 41.9 Å². The third-order valence-electron chi connectivity index (χ3n) is 4.53. The van der Waals surface area contributed by atoms with Gasteiger partial charge in [-0.05, 0) is 54.4 Å². The number of imide groups is 1. The van der Waals surface area contributed by atoms with Gasteiger partial charge in [-0.3, -0.25) is 14.5 Å². The van der Waals surface area contributed by atoms with Crippen molar-refractivity contribution in [3.05, 3.63) is 63.5 Å². The van der Waals surface area contributed by atoms with Gasteiger partial charge < -0.3 is 14.2 Å². The molecule has 0 N–H and O–H groups in total. The second kappa shape index (κ2) is 11.1. The summed E-state index contributed by atoms with van der Waals surface area (Å²) in [6.45, 7) is 1.93. The van der Waals surface area contributed by atoms with E-state index in [0.717, 1.165) is 17.3 Å². The van der Waals surface area contributed by atoms with Crippen LogP contribution in [0.15, 0.2) is 47.4 Å². The zero-order valence-corrected chi connectivity index (χ0v) is 19.2. The topological polar surface area (TPSA) is 82.1 Å². The Hall–Kier alpha value is -2.97. The highest BCUT2D eigenvalue weighted by Gasteiger charge is 2.34. The summed E-state index contributed by atoms with van der Waals surface area (Å²) >= 11 is 7.19. The number of rotatable bonds is 9. The highest BCUT2D eigenvalue weighted by Crippen LogP contribution is 2.39. The smallest absolute Gasteiger partial charge is 0.344 e. The van der Waals surface area contributed by atoms with E-state index in [2.05, 4.69) is 0 Å². The quantitative estimate of drug-likeness (QED) is 0.388. The minimum atomic E-state index is -0.529. The van der Waals surface area contributed by atoms with Crippen LogP contribution in [0.25, 0.3) is 6.08 Å². The van der Waals surface area contributed by atoms with Crippen molar-refractivity contribution in [2.45, 2.75) is 13.3 Å². The fourth-order valence-corrected chi connectivity index (χ4v) is 4.17. The molecule has 9 heteroatoms. The zero-order valence-electron chi connectivity index (χ0n) is 17.6. The third-order valence-corrected chi connectivity index (χ3v) is 5.72. The molecule has 1 aliphatic heterocycles. The molecule has 2 aromatic carbocycles. The molecule has 0 spiro atoms. The minimum absolute atomic E-state index is 0.190. The van der Waals surface area contributed by atoms with Crippen molar-refractivity contribution in [2.75, 3.05) is 26.9 Å². The first-order valence-electron chi connectivity index (χ1n) is 9.88. The van der Waals surface area contributed by atoms with Gasteiger partial charge in [0, 0.05) is 6.54 Å². The molecule has 0 aliphatic carbocycles. The first-order valence-corrected chi connectivity index (χ1v) is 11.1. The number of nitrogens with zero attached hydrogens (tertiary/aromatic N) is 1. The van der Waals surface area contributed by atoms with Gasteiger partial charge in [-0.25, -0.2) is 4.79 Å². The largest absolute Gasteiger partial charge is 0.493 e. The van der Waals surface area contributed by atoms with Gasteiger partial charge in [0.05, 0.1) is 23.6 Å². The van der Waals surface area contributed by atoms with E-state index < -0.39 is 5.97 Å². The predicted molar refractivity (Wildman–Crippen MR) is 123 cm³/mol. The van der Waals surface area contributed by atoms with E-state index >= 15 is 0 Å². The van der Waals surface area contributed by atoms with Crippen molar-refractivity contribution in [3.8, 4) is 11.5 Å². The summed E-state index contributed by atoms with van der Waals surface area (Å²) in [5, 5.41) is -0.118. The van der Waals surface area contributed by atoms with Crippen LogP contribution in [0, 0.1) is 0 Å². The van der Waals surface area contributed by atoms with Crippen molar-refractivity contribution in [2.24, 2.45) is 0 Å². The molecule has 2 aromatic rings. The summed E-state index contributed by atoms with van der Waals surface area (Å²) < 4.78 is 15.6. The lowest BCUT2D eigenvalue weighted by atomic mass is 10.1. The van der Waals surface area contributed by atoms with E-state index in [0.29, 0.717) is 23.4 Å². The molecule has 0 unspecified atom stereocenters. The van der Waals surface area contributed by atoms with E-state index in [9.17, 15) is 14.4 Å². The average molecular weight is 476 g/mol. The first kappa shape index (κ1) is 23.7. The maximum atomic E-state index is 12.8. The molecular formula is C23H22ClNO6S. The summed E-state index contributed by atoms with van der Waals surface area (Å²) in [6, 6.07) is 12.8. The van der Waals surface area contributed by atoms with Gasteiger partial charge >= 0.3 is 5.97 Å². The van der Waals surface area contributed by atoms with Gasteiger partial charge in [0.1, 0.15) is 0 Å². The molecule has 1 saturated heterocycles. The molecule has 0 bridgehead atoms. The molecule has 168 valence electrons. The second-order valence-electron chi connectivity index (χ2n) is 6.70. The highest BCUT2D eigenvalue weighted by atomic mass is 35.5. The number of thioether (sulfide) groups is 1. The van der Waals surface area contributed by atoms with Crippen LogP contribution in [0.2, 0.25) is 5.02 Å². The zero-order chi connectivity index (χ0) is 23.1. The van der Waals surface area contributed by atoms with Crippen LogP contribution in [0.4, 0.5) is 4.79 Å². The van der Waals surface area contributed by atoms with Crippen molar-refractivity contribution in [1.29, 1.82) is 0 Å². The molecule has 0 atom stereocenters. The molecular weight excluding hydrogens is 454 g/mol. The SMILES string of the molecule is CCOC(=O)COc1c(Cl)cc(/C=C2\SC(=O)N(CCc3ccccc3)C2=O)cc1OC. The van der Waals surface area contributed by atoms with Gasteiger partial charge in [-0.2, -0.15) is 0 Å². The molecule has 2 amide bonds. The van der Waals surface area contributed by atoms with Crippen LogP contribution >= 0.6 is 23.4 Å². The number of hydrogen-bond acceptors (Lipinski definition) is 7. The Bertz CT molecular complexity index is 1040. The van der Waals surface area contributed by atoms with Gasteiger partial charge in [-0.15, -0.1) is 0 Å². The van der Waals surface area contributed by atoms with Crippen molar-refractivity contribution < 1.29 is 28.6 Å². The molecule has 1 aliphatic rings. The minimum Gasteiger partial charge on any atom is -0.493 e. The Morgan fingerprint density at radius 1 is 1.19 bits per heavy atom. The number of halogens is 1. The molecule has 1 heterocycles. The van der Waals surface area contributed by atoms with Crippen LogP contribution in [0.3, 0.4) is 0 Å². The van der Waals surface area contributed by atoms with Crippen molar-refractivity contribution >= 4 is 46.6 Å². The Morgan fingerprint density at radius 2 is 1.94 bits per heavy atom. The lowest BCUT2D eigenvalue weighted by Crippen LogP contribution is -2.30. The molecule has 7 nitrogen and oxygen atoms in total. The van der Waals surface area contributed by atoms with E-state index in [-0.39, 0.29) is 40.9 Å². The monoisotopic (exact) mass is 475 g/mol. The molecule has 32 heavy (non-hydrogen) atoms. The fourth-order valence-electron chi connectivity index (χ4n) is 3.03. The number of hydrogen-bond donors (Lipinski definition) is 0. The second-order valence-corrected chi connectivity index (χ2v) is 8.10. The molecule has 0 saturated carbocycles. The van der Waals surface area contributed by atoms with Crippen LogP contribution in [0.1, 0.15) is 18.1 Å². The summed E-state index contributed by atoms with van der Waals surface area (Å²) in [7, 11) is 1.43. The summed E-state index contributed by atoms with van der Waals surface area (Å²) in [5.74, 6) is -0.403. The van der Waals surface area contributed by atoms with E-state index in [1.165, 1.54) is 12.0 Å². The number of benzene rings is 2. The predicted octanol–water partition coefficient (Wildman–Crippen LogP) is 4.57. The molecule has 0 aromatic heterocycles. The number of carbonyl (C=O) groups excluding carboxylic acids is 3. The number of amides is 2. The Morgan fingerprint density at radius 3 is 2.62 bits per heavy atom. The normalized spacial score (nSPS) is 14.7. The van der Waals surface area contributed by atoms with E-state index in [1.54, 1.807) is 25.1 Å². The van der Waals surface area contributed by atoms with Gasteiger partial charge in [0.2, 0.25) is 0 Å². The summed E-state index contributed by atoms with van der Waals surface area (Å²) in [6.07, 6.45) is 2.16. The van der Waals surface area contributed by atoms with E-state index in [4.69, 9.17) is 25.8 Å². The Kier molecular flexibility index (Phi) is 8.19. The van der Waals surface area contributed by atoms with Crippen molar-refractivity contribution in [3.63, 3.8) is 0 Å². The number of esters is 1. The Balaban J connectivity index is 1.74. The standard InChI is InChI=1S/C23H22ClNO6S/c1-3-30-20(26)14-31-21-17(24)11-16(12-18(21)29-2)13-19-22(27)25(23(28)32-19)10-9-15-7-5-4-6-8-15/h4-8,11-13H,3,9-10,14H2,1-2H3/b19-13-. The fraction of sp³-hybridized carbons (Fsp3) is 0.261. The van der Waals surface area contributed by atoms with Crippen LogP contribution in [-0.2, 0) is 20.7 Å². The summed E-state index contributed by atoms with van der Waals surface area (Å²) in [5.41, 5.74) is 1.61. The lowest BCUT2D eigenvalue weighted by Gasteiger charge is -2.13. The van der Waals surface area contributed by atoms with Crippen molar-refractivity contribution in [1.82, 2.24) is 4.90 Å². The number of methoxy groups -OCH3 is 1. The molecule has 0 radical (unpaired) electrons. The van der Waals surface area contributed by atoms with Gasteiger partial charge in [0.25, 0.3) is 11.1 Å². The first-order chi connectivity index (χ1) is 15.4. The number of carbonyl (C=O) groups is 3. The molecule has 1 fully saturated rings. The summed E-state index contributed by atoms with van der Waals surface area (Å²) in [4.78, 5) is 38.2. The maximum Gasteiger partial charge on any atom is 0.344 e. The van der Waals surface area contributed by atoms with E-state index in [1.807, 2.05) is 30.3 Å². The highest BCUT2D eigenvalue weighted by molar-refractivity contribution is 8.18. The molecule has 3 rings (SSSR count). The maximum absolute atomic E-state index is 12.8. The van der Waals surface area contributed by atoms with Gasteiger partial charge in [0.15, 0.2) is 18.1 Å². The van der Waals surface area contributed by atoms with Crippen LogP contribution < -0.4 is 9.47 Å². The van der Waals surface area contributed by atoms with Crippen LogP contribution in [0.5, 0.6) is 11.5 Å². The average Bonchev–Trinajstić information content (AvgIpc) is 3.04. The Labute approximate surface area is 195 Å².